The average Bonchev–Trinajstić information content (AvgIpc) is 2.13. The lowest BCUT2D eigenvalue weighted by molar-refractivity contribution is -0.276. The molecule has 0 saturated carbocycles. The van der Waals surface area contributed by atoms with E-state index >= 15 is 0 Å². The third-order valence-electron chi connectivity index (χ3n) is 1.67. The molecule has 0 radical (unpaired) electrons. The number of carbonyl (C=O) groups is 1. The van der Waals surface area contributed by atoms with Crippen molar-refractivity contribution in [3.63, 3.8) is 0 Å². The Morgan fingerprint density at radius 3 is 2.39 bits per heavy atom. The smallest absolute Gasteiger partial charge is 0.477 e. The summed E-state index contributed by atoms with van der Waals surface area (Å²) in [5.41, 5.74) is -1.97. The maximum Gasteiger partial charge on any atom is 0.574 e. The number of halogens is 6. The second-order valence-corrected chi connectivity index (χ2v) is 3.65. The normalized spacial score (nSPS) is 11.7. The minimum Gasteiger partial charge on any atom is -0.477 e. The molecule has 10 heteroatoms. The maximum absolute atomic E-state index is 12.4. The van der Waals surface area contributed by atoms with E-state index in [-0.39, 0.29) is 0 Å². The summed E-state index contributed by atoms with van der Waals surface area (Å²) in [5, 5.41) is 8.69. The van der Waals surface area contributed by atoms with Crippen LogP contribution in [0.3, 0.4) is 0 Å². The molecular formula is C8H3BrF5NO3. The summed E-state index contributed by atoms with van der Waals surface area (Å²) in [5.74, 6) is -3.19. The molecule has 18 heavy (non-hydrogen) atoms. The Kier molecular flexibility index (Phi) is 4.09. The van der Waals surface area contributed by atoms with Gasteiger partial charge in [0.15, 0.2) is 0 Å². The molecule has 1 aromatic rings. The number of ether oxygens (including phenoxy) is 1. The van der Waals surface area contributed by atoms with Crippen LogP contribution in [-0.2, 0) is 0 Å². The van der Waals surface area contributed by atoms with Crippen LogP contribution in [0.1, 0.15) is 22.3 Å². The summed E-state index contributed by atoms with van der Waals surface area (Å²) in [6.07, 6.45) is -7.87. The van der Waals surface area contributed by atoms with Crippen molar-refractivity contribution in [1.82, 2.24) is 4.98 Å². The summed E-state index contributed by atoms with van der Waals surface area (Å²) in [6, 6.07) is 0. The molecular weight excluding hydrogens is 333 g/mol. The number of hydrogen-bond acceptors (Lipinski definition) is 3. The lowest BCUT2D eigenvalue weighted by Gasteiger charge is -2.13. The molecule has 4 nitrogen and oxygen atoms in total. The van der Waals surface area contributed by atoms with Gasteiger partial charge >= 0.3 is 12.3 Å². The first kappa shape index (κ1) is 14.6. The number of aromatic carboxylic acids is 1. The Balaban J connectivity index is 3.37. The van der Waals surface area contributed by atoms with Crippen molar-refractivity contribution in [2.24, 2.45) is 0 Å². The molecule has 0 atom stereocenters. The van der Waals surface area contributed by atoms with Gasteiger partial charge in [-0.05, 0) is 15.9 Å². The second-order valence-electron chi connectivity index (χ2n) is 2.86. The van der Waals surface area contributed by atoms with Crippen LogP contribution in [-0.4, -0.2) is 22.4 Å². The van der Waals surface area contributed by atoms with Gasteiger partial charge < -0.3 is 9.84 Å². The summed E-state index contributed by atoms with van der Waals surface area (Å²) < 4.78 is 63.3. The SMILES string of the molecule is O=C(O)c1c(OC(F)(F)F)ncc(C(F)F)c1Br. The van der Waals surface area contributed by atoms with E-state index in [1.807, 2.05) is 0 Å². The molecule has 0 aliphatic rings. The highest BCUT2D eigenvalue weighted by atomic mass is 79.9. The van der Waals surface area contributed by atoms with Crippen LogP contribution in [0.15, 0.2) is 10.7 Å². The standard InChI is InChI=1S/C8H3BrF5NO3/c9-4-2(5(10)11)1-15-6(3(4)7(16)17)18-8(12,13)14/h1,5H,(H,16,17). The van der Waals surface area contributed by atoms with Gasteiger partial charge in [-0.1, -0.05) is 0 Å². The third kappa shape index (κ3) is 3.28. The van der Waals surface area contributed by atoms with Gasteiger partial charge in [-0.2, -0.15) is 0 Å². The zero-order valence-corrected chi connectivity index (χ0v) is 9.72. The van der Waals surface area contributed by atoms with Crippen molar-refractivity contribution in [2.45, 2.75) is 12.8 Å². The Morgan fingerprint density at radius 1 is 1.44 bits per heavy atom. The number of carboxylic acid groups (broad SMARTS) is 1. The van der Waals surface area contributed by atoms with Crippen molar-refractivity contribution in [1.29, 1.82) is 0 Å². The van der Waals surface area contributed by atoms with Crippen molar-refractivity contribution in [3.05, 3.63) is 21.8 Å². The molecule has 100 valence electrons. The highest BCUT2D eigenvalue weighted by Gasteiger charge is 2.35. The van der Waals surface area contributed by atoms with Crippen LogP contribution in [0.4, 0.5) is 22.0 Å². The molecule has 0 fully saturated rings. The van der Waals surface area contributed by atoms with Crippen molar-refractivity contribution < 1.29 is 36.6 Å². The Morgan fingerprint density at radius 2 is 2.00 bits per heavy atom. The van der Waals surface area contributed by atoms with E-state index in [2.05, 4.69) is 25.7 Å². The number of aromatic nitrogens is 1. The monoisotopic (exact) mass is 335 g/mol. The van der Waals surface area contributed by atoms with E-state index in [0.29, 0.717) is 6.20 Å². The summed E-state index contributed by atoms with van der Waals surface area (Å²) in [4.78, 5) is 13.7. The molecule has 0 aromatic carbocycles. The molecule has 0 aliphatic heterocycles. The lowest BCUT2D eigenvalue weighted by Crippen LogP contribution is -2.20. The zero-order valence-electron chi connectivity index (χ0n) is 8.13. The minimum atomic E-state index is -5.18. The first-order chi connectivity index (χ1) is 8.13. The van der Waals surface area contributed by atoms with Crippen LogP contribution >= 0.6 is 15.9 Å². The molecule has 0 aliphatic carbocycles. The number of pyridine rings is 1. The van der Waals surface area contributed by atoms with E-state index in [1.54, 1.807) is 0 Å². The van der Waals surface area contributed by atoms with Gasteiger partial charge in [0.2, 0.25) is 5.88 Å². The minimum absolute atomic E-state index is 0.405. The highest BCUT2D eigenvalue weighted by molar-refractivity contribution is 9.10. The van der Waals surface area contributed by atoms with Crippen LogP contribution in [0, 0.1) is 0 Å². The van der Waals surface area contributed by atoms with E-state index in [9.17, 15) is 26.7 Å². The summed E-state index contributed by atoms with van der Waals surface area (Å²) in [7, 11) is 0. The van der Waals surface area contributed by atoms with Gasteiger partial charge in [0.1, 0.15) is 5.56 Å². The number of nitrogens with zero attached hydrogens (tertiary/aromatic N) is 1. The average molecular weight is 336 g/mol. The van der Waals surface area contributed by atoms with Crippen molar-refractivity contribution >= 4 is 21.9 Å². The first-order valence-electron chi connectivity index (χ1n) is 4.09. The van der Waals surface area contributed by atoms with Gasteiger partial charge in [0.25, 0.3) is 6.43 Å². The number of rotatable bonds is 3. The molecule has 1 rings (SSSR count). The van der Waals surface area contributed by atoms with Crippen LogP contribution in [0.5, 0.6) is 5.88 Å². The fraction of sp³-hybridized carbons (Fsp3) is 0.250. The predicted octanol–water partition coefficient (Wildman–Crippen LogP) is 3.38. The molecule has 1 heterocycles. The van der Waals surface area contributed by atoms with E-state index < -0.39 is 40.2 Å². The molecule has 0 unspecified atom stereocenters. The van der Waals surface area contributed by atoms with Crippen LogP contribution in [0.25, 0.3) is 0 Å². The van der Waals surface area contributed by atoms with E-state index in [0.717, 1.165) is 0 Å². The lowest BCUT2D eigenvalue weighted by atomic mass is 10.2. The molecule has 0 saturated heterocycles. The van der Waals surface area contributed by atoms with Gasteiger partial charge in [0, 0.05) is 10.7 Å². The van der Waals surface area contributed by atoms with Gasteiger partial charge in [-0.25, -0.2) is 18.6 Å². The fourth-order valence-corrected chi connectivity index (χ4v) is 1.63. The second kappa shape index (κ2) is 5.04. The quantitative estimate of drug-likeness (QED) is 0.860. The van der Waals surface area contributed by atoms with Crippen LogP contribution < -0.4 is 4.74 Å². The molecule has 1 aromatic heterocycles. The first-order valence-corrected chi connectivity index (χ1v) is 4.88. The molecule has 0 spiro atoms. The Bertz CT molecular complexity index is 477. The van der Waals surface area contributed by atoms with Crippen molar-refractivity contribution in [2.75, 3.05) is 0 Å². The topological polar surface area (TPSA) is 59.4 Å². The van der Waals surface area contributed by atoms with Crippen molar-refractivity contribution in [3.8, 4) is 5.88 Å². The van der Waals surface area contributed by atoms with Gasteiger partial charge in [-0.3, -0.25) is 0 Å². The largest absolute Gasteiger partial charge is 0.574 e. The van der Waals surface area contributed by atoms with E-state index in [1.165, 1.54) is 0 Å². The van der Waals surface area contributed by atoms with Crippen LogP contribution in [0.2, 0.25) is 0 Å². The highest BCUT2D eigenvalue weighted by Crippen LogP contribution is 2.35. The third-order valence-corrected chi connectivity index (χ3v) is 2.52. The molecule has 0 bridgehead atoms. The number of alkyl halides is 5. The van der Waals surface area contributed by atoms with E-state index in [4.69, 9.17) is 5.11 Å². The van der Waals surface area contributed by atoms with Gasteiger partial charge in [-0.15, -0.1) is 13.2 Å². The summed E-state index contributed by atoms with van der Waals surface area (Å²) in [6.45, 7) is 0. The number of carboxylic acids is 1. The Labute approximate surface area is 105 Å². The Hall–Kier alpha value is -1.45. The summed E-state index contributed by atoms with van der Waals surface area (Å²) >= 11 is 2.49. The number of hydrogen-bond donors (Lipinski definition) is 1. The van der Waals surface area contributed by atoms with Gasteiger partial charge in [0.05, 0.1) is 5.56 Å². The molecule has 1 N–H and O–H groups in total. The fourth-order valence-electron chi connectivity index (χ4n) is 1.01. The molecule has 0 amide bonds. The zero-order chi connectivity index (χ0) is 14.1. The predicted molar refractivity (Wildman–Crippen MR) is 50.5 cm³/mol. The maximum atomic E-state index is 12.4.